The quantitative estimate of drug-likeness (QED) is 0.491. The molecule has 0 bridgehead atoms. The number of aromatic nitrogens is 3. The van der Waals surface area contributed by atoms with E-state index in [1.165, 1.54) is 0 Å². The summed E-state index contributed by atoms with van der Waals surface area (Å²) in [6, 6.07) is 13.4. The predicted octanol–water partition coefficient (Wildman–Crippen LogP) is 5.59. The molecule has 1 aliphatic carbocycles. The number of benzene rings is 1. The van der Waals surface area contributed by atoms with Crippen molar-refractivity contribution in [1.82, 2.24) is 19.9 Å². The Morgan fingerprint density at radius 3 is 2.55 bits per heavy atom. The SMILES string of the molecule is CC1(C)OC(=O)N([C@H]2CC=C(c3cnc(F)c(-c4ncccn4)c3)CC2)[C@H]1c1ccccc1. The van der Waals surface area contributed by atoms with E-state index in [4.69, 9.17) is 4.74 Å². The first-order valence-corrected chi connectivity index (χ1v) is 11.1. The lowest BCUT2D eigenvalue weighted by Gasteiger charge is -2.36. The molecule has 0 radical (unpaired) electrons. The molecule has 168 valence electrons. The molecule has 2 aromatic heterocycles. The molecule has 3 heterocycles. The number of ether oxygens (including phenoxy) is 1. The number of carbonyl (C=O) groups excluding carboxylic acids is 1. The van der Waals surface area contributed by atoms with Crippen LogP contribution in [0.25, 0.3) is 17.0 Å². The normalized spacial score (nSPS) is 22.1. The van der Waals surface area contributed by atoms with Crippen LogP contribution < -0.4 is 0 Å². The Bertz CT molecular complexity index is 1200. The summed E-state index contributed by atoms with van der Waals surface area (Å²) < 4.78 is 20.1. The van der Waals surface area contributed by atoms with E-state index >= 15 is 0 Å². The van der Waals surface area contributed by atoms with Gasteiger partial charge in [0.25, 0.3) is 0 Å². The first-order valence-electron chi connectivity index (χ1n) is 11.1. The van der Waals surface area contributed by atoms with E-state index in [1.54, 1.807) is 30.7 Å². The summed E-state index contributed by atoms with van der Waals surface area (Å²) in [6.45, 7) is 3.92. The van der Waals surface area contributed by atoms with Crippen molar-refractivity contribution in [3.8, 4) is 11.4 Å². The van der Waals surface area contributed by atoms with E-state index in [2.05, 4.69) is 21.0 Å². The van der Waals surface area contributed by atoms with Crippen molar-refractivity contribution in [2.45, 2.75) is 50.8 Å². The minimum atomic E-state index is -0.617. The van der Waals surface area contributed by atoms with Crippen LogP contribution in [-0.4, -0.2) is 37.6 Å². The minimum Gasteiger partial charge on any atom is -0.441 e. The number of pyridine rings is 1. The highest BCUT2D eigenvalue weighted by Crippen LogP contribution is 2.45. The summed E-state index contributed by atoms with van der Waals surface area (Å²) in [5.41, 5.74) is 2.66. The summed E-state index contributed by atoms with van der Waals surface area (Å²) in [4.78, 5) is 27.0. The van der Waals surface area contributed by atoms with Crippen molar-refractivity contribution in [2.24, 2.45) is 0 Å². The third-order valence-corrected chi connectivity index (χ3v) is 6.41. The van der Waals surface area contributed by atoms with Crippen LogP contribution >= 0.6 is 0 Å². The van der Waals surface area contributed by atoms with Gasteiger partial charge in [-0.15, -0.1) is 0 Å². The average Bonchev–Trinajstić information content (AvgIpc) is 3.08. The van der Waals surface area contributed by atoms with Crippen molar-refractivity contribution < 1.29 is 13.9 Å². The number of hydrogen-bond acceptors (Lipinski definition) is 5. The number of amides is 1. The second-order valence-electron chi connectivity index (χ2n) is 8.98. The van der Waals surface area contributed by atoms with Crippen molar-refractivity contribution in [1.29, 1.82) is 0 Å². The van der Waals surface area contributed by atoms with Crippen LogP contribution in [0.5, 0.6) is 0 Å². The maximum Gasteiger partial charge on any atom is 0.411 e. The Kier molecular flexibility index (Phi) is 5.40. The molecule has 1 saturated heterocycles. The number of cyclic esters (lactones) is 1. The number of nitrogens with zero attached hydrogens (tertiary/aromatic N) is 4. The third-order valence-electron chi connectivity index (χ3n) is 6.41. The van der Waals surface area contributed by atoms with Gasteiger partial charge < -0.3 is 4.74 Å². The molecule has 2 atom stereocenters. The fraction of sp³-hybridized carbons (Fsp3) is 0.308. The molecule has 0 saturated carbocycles. The number of carbonyl (C=O) groups is 1. The molecule has 3 aromatic rings. The van der Waals surface area contributed by atoms with E-state index < -0.39 is 11.5 Å². The molecule has 2 aliphatic rings. The van der Waals surface area contributed by atoms with Gasteiger partial charge in [0, 0.05) is 24.6 Å². The molecule has 1 amide bonds. The summed E-state index contributed by atoms with van der Waals surface area (Å²) in [5, 5.41) is 0. The summed E-state index contributed by atoms with van der Waals surface area (Å²) in [7, 11) is 0. The van der Waals surface area contributed by atoms with Gasteiger partial charge in [-0.25, -0.2) is 19.7 Å². The van der Waals surface area contributed by atoms with E-state index in [0.29, 0.717) is 12.2 Å². The van der Waals surface area contributed by atoms with Crippen molar-refractivity contribution in [2.75, 3.05) is 0 Å². The molecule has 6 nitrogen and oxygen atoms in total. The van der Waals surface area contributed by atoms with E-state index in [9.17, 15) is 9.18 Å². The molecule has 1 fully saturated rings. The van der Waals surface area contributed by atoms with Crippen LogP contribution in [0.1, 0.15) is 50.3 Å². The topological polar surface area (TPSA) is 68.2 Å². The van der Waals surface area contributed by atoms with Crippen LogP contribution in [0.4, 0.5) is 9.18 Å². The van der Waals surface area contributed by atoms with Crippen molar-refractivity contribution in [3.05, 3.63) is 84.2 Å². The lowest BCUT2D eigenvalue weighted by Crippen LogP contribution is -2.41. The largest absolute Gasteiger partial charge is 0.441 e. The number of halogens is 1. The van der Waals surface area contributed by atoms with E-state index in [0.717, 1.165) is 29.5 Å². The zero-order valence-electron chi connectivity index (χ0n) is 18.6. The average molecular weight is 445 g/mol. The molecular formula is C26H25FN4O2. The minimum absolute atomic E-state index is 0.0264. The first kappa shape index (κ1) is 21.2. The standard InChI is InChI=1S/C26H25FN4O2/c1-26(2)22(18-7-4-3-5-8-18)31(25(32)33-26)20-11-9-17(10-12-20)19-15-21(23(27)30-16-19)24-28-13-6-14-29-24/h3-9,13-16,20,22H,10-12H2,1-2H3/t20-,22-/m0/s1. The van der Waals surface area contributed by atoms with Gasteiger partial charge >= 0.3 is 6.09 Å². The number of rotatable bonds is 4. The van der Waals surface area contributed by atoms with E-state index in [1.807, 2.05) is 49.1 Å². The van der Waals surface area contributed by atoms with Crippen LogP contribution in [0.15, 0.2) is 67.1 Å². The Morgan fingerprint density at radius 2 is 1.85 bits per heavy atom. The van der Waals surface area contributed by atoms with Gasteiger partial charge in [0.1, 0.15) is 5.60 Å². The molecule has 0 spiro atoms. The predicted molar refractivity (Wildman–Crippen MR) is 122 cm³/mol. The monoisotopic (exact) mass is 444 g/mol. The third kappa shape index (κ3) is 3.99. The zero-order chi connectivity index (χ0) is 23.0. The Hall–Kier alpha value is -3.61. The lowest BCUT2D eigenvalue weighted by atomic mass is 9.86. The van der Waals surface area contributed by atoms with Crippen LogP contribution in [-0.2, 0) is 4.74 Å². The maximum atomic E-state index is 14.3. The summed E-state index contributed by atoms with van der Waals surface area (Å²) in [5.74, 6) is -0.279. The molecule has 1 aromatic carbocycles. The number of allylic oxidation sites excluding steroid dienone is 1. The summed E-state index contributed by atoms with van der Waals surface area (Å²) >= 11 is 0. The van der Waals surface area contributed by atoms with Gasteiger partial charge in [-0.05, 0) is 61.9 Å². The van der Waals surface area contributed by atoms with Gasteiger partial charge in [0.15, 0.2) is 5.82 Å². The van der Waals surface area contributed by atoms with Gasteiger partial charge in [-0.3, -0.25) is 4.90 Å². The first-order chi connectivity index (χ1) is 15.9. The highest BCUT2D eigenvalue weighted by molar-refractivity contribution is 5.74. The van der Waals surface area contributed by atoms with Gasteiger partial charge in [0.05, 0.1) is 11.6 Å². The fourth-order valence-electron chi connectivity index (χ4n) is 4.88. The van der Waals surface area contributed by atoms with Crippen LogP contribution in [0, 0.1) is 5.95 Å². The summed E-state index contributed by atoms with van der Waals surface area (Å²) in [6.07, 6.45) is 8.79. The van der Waals surface area contributed by atoms with Crippen molar-refractivity contribution in [3.63, 3.8) is 0 Å². The zero-order valence-corrected chi connectivity index (χ0v) is 18.6. The molecule has 1 aliphatic heterocycles. The Labute approximate surface area is 192 Å². The Morgan fingerprint density at radius 1 is 1.09 bits per heavy atom. The maximum absolute atomic E-state index is 14.3. The molecule has 33 heavy (non-hydrogen) atoms. The molecule has 5 rings (SSSR count). The highest BCUT2D eigenvalue weighted by Gasteiger charge is 2.50. The van der Waals surface area contributed by atoms with E-state index in [-0.39, 0.29) is 23.7 Å². The smallest absolute Gasteiger partial charge is 0.411 e. The lowest BCUT2D eigenvalue weighted by molar-refractivity contribution is 0.0668. The second-order valence-corrected chi connectivity index (χ2v) is 8.98. The number of hydrogen-bond donors (Lipinski definition) is 0. The second kappa shape index (κ2) is 8.39. The molecule has 0 unspecified atom stereocenters. The highest BCUT2D eigenvalue weighted by atomic mass is 19.1. The molecule has 7 heteroatoms. The van der Waals surface area contributed by atoms with Gasteiger partial charge in [-0.2, -0.15) is 4.39 Å². The van der Waals surface area contributed by atoms with Crippen LogP contribution in [0.3, 0.4) is 0 Å². The van der Waals surface area contributed by atoms with Crippen LogP contribution in [0.2, 0.25) is 0 Å². The van der Waals surface area contributed by atoms with Gasteiger partial charge in [0.2, 0.25) is 5.95 Å². The molecular weight excluding hydrogens is 419 g/mol. The fourth-order valence-corrected chi connectivity index (χ4v) is 4.88. The van der Waals surface area contributed by atoms with Gasteiger partial charge in [-0.1, -0.05) is 36.4 Å². The Balaban J connectivity index is 1.41. The molecule has 0 N–H and O–H groups in total. The van der Waals surface area contributed by atoms with Crippen molar-refractivity contribution >= 4 is 11.7 Å².